The lowest BCUT2D eigenvalue weighted by Crippen LogP contribution is -2.09. The van der Waals surface area contributed by atoms with Gasteiger partial charge in [0.25, 0.3) is 0 Å². The number of azo groups is 1. The molecule has 0 amide bonds. The second-order valence-corrected chi connectivity index (χ2v) is 7.04. The molecule has 0 saturated carbocycles. The van der Waals surface area contributed by atoms with E-state index in [1.807, 2.05) is 18.2 Å². The molecule has 23 heavy (non-hydrogen) atoms. The molecule has 0 fully saturated rings. The molecule has 0 bridgehead atoms. The standard InChI is InChI=1S/C16H14Cl2N4S/c17-10-1-4-12(5-2-10)20-16(19)22-21-14-7-8-23-15-6-3-11(18)9-13(14)15/h1-6,9,14H,7-8H2,(H2,19,20). The number of nitrogens with one attached hydrogen (secondary N) is 2. The first-order valence-electron chi connectivity index (χ1n) is 7.06. The van der Waals surface area contributed by atoms with Gasteiger partial charge in [0.05, 0.1) is 6.04 Å². The highest BCUT2D eigenvalue weighted by atomic mass is 35.5. The number of nitrogens with zero attached hydrogens (tertiary/aromatic N) is 2. The Morgan fingerprint density at radius 1 is 1.13 bits per heavy atom. The van der Waals surface area contributed by atoms with Crippen molar-refractivity contribution in [1.82, 2.24) is 0 Å². The molecular weight excluding hydrogens is 351 g/mol. The van der Waals surface area contributed by atoms with Crippen molar-refractivity contribution in [2.45, 2.75) is 17.4 Å². The summed E-state index contributed by atoms with van der Waals surface area (Å²) in [6, 6.07) is 12.9. The molecule has 0 spiro atoms. The van der Waals surface area contributed by atoms with Gasteiger partial charge in [0.2, 0.25) is 5.96 Å². The van der Waals surface area contributed by atoms with Gasteiger partial charge in [0.15, 0.2) is 0 Å². The fourth-order valence-corrected chi connectivity index (χ4v) is 3.68. The zero-order valence-corrected chi connectivity index (χ0v) is 14.4. The predicted octanol–water partition coefficient (Wildman–Crippen LogP) is 6.03. The quantitative estimate of drug-likeness (QED) is 0.388. The van der Waals surface area contributed by atoms with E-state index in [-0.39, 0.29) is 12.0 Å². The largest absolute Gasteiger partial charge is 0.323 e. The highest BCUT2D eigenvalue weighted by Gasteiger charge is 2.20. The monoisotopic (exact) mass is 364 g/mol. The molecule has 2 aromatic carbocycles. The van der Waals surface area contributed by atoms with E-state index in [4.69, 9.17) is 28.6 Å². The van der Waals surface area contributed by atoms with E-state index < -0.39 is 0 Å². The van der Waals surface area contributed by atoms with E-state index in [9.17, 15) is 0 Å². The van der Waals surface area contributed by atoms with Crippen molar-refractivity contribution in [3.05, 3.63) is 58.1 Å². The zero-order chi connectivity index (χ0) is 16.2. The third-order valence-corrected chi connectivity index (χ3v) is 4.99. The van der Waals surface area contributed by atoms with Gasteiger partial charge in [0.1, 0.15) is 0 Å². The van der Waals surface area contributed by atoms with Crippen LogP contribution in [-0.2, 0) is 0 Å². The Morgan fingerprint density at radius 3 is 2.65 bits per heavy atom. The molecule has 1 heterocycles. The summed E-state index contributed by atoms with van der Waals surface area (Å²) in [5, 5.41) is 20.4. The van der Waals surface area contributed by atoms with Crippen LogP contribution in [0.5, 0.6) is 0 Å². The number of hydrogen-bond acceptors (Lipinski definition) is 3. The summed E-state index contributed by atoms with van der Waals surface area (Å²) >= 11 is 13.7. The van der Waals surface area contributed by atoms with E-state index in [1.54, 1.807) is 36.0 Å². The van der Waals surface area contributed by atoms with Crippen LogP contribution in [0, 0.1) is 5.41 Å². The maximum Gasteiger partial charge on any atom is 0.239 e. The van der Waals surface area contributed by atoms with Crippen LogP contribution in [-0.4, -0.2) is 11.7 Å². The van der Waals surface area contributed by atoms with Gasteiger partial charge in [-0.3, -0.25) is 5.41 Å². The molecule has 0 aliphatic carbocycles. The number of halogens is 2. The molecule has 0 saturated heterocycles. The lowest BCUT2D eigenvalue weighted by Gasteiger charge is -2.21. The van der Waals surface area contributed by atoms with Gasteiger partial charge in [-0.1, -0.05) is 23.2 Å². The first kappa shape index (κ1) is 16.3. The van der Waals surface area contributed by atoms with Gasteiger partial charge in [-0.05, 0) is 54.4 Å². The molecule has 4 nitrogen and oxygen atoms in total. The van der Waals surface area contributed by atoms with E-state index in [0.717, 1.165) is 23.4 Å². The normalized spacial score (nSPS) is 17.0. The third-order valence-electron chi connectivity index (χ3n) is 3.38. The first-order chi connectivity index (χ1) is 11.1. The Hall–Kier alpha value is -1.56. The van der Waals surface area contributed by atoms with Crippen LogP contribution >= 0.6 is 35.0 Å². The Labute approximate surface area is 148 Å². The molecule has 7 heteroatoms. The molecule has 0 radical (unpaired) electrons. The van der Waals surface area contributed by atoms with Crippen molar-refractivity contribution < 1.29 is 0 Å². The number of rotatable bonds is 2. The predicted molar refractivity (Wildman–Crippen MR) is 97.2 cm³/mol. The maximum atomic E-state index is 7.89. The van der Waals surface area contributed by atoms with E-state index in [0.29, 0.717) is 10.0 Å². The summed E-state index contributed by atoms with van der Waals surface area (Å²) in [5.41, 5.74) is 1.83. The summed E-state index contributed by atoms with van der Waals surface area (Å²) < 4.78 is 0. The second-order valence-electron chi connectivity index (χ2n) is 5.03. The average Bonchev–Trinajstić information content (AvgIpc) is 2.55. The Morgan fingerprint density at radius 2 is 1.87 bits per heavy atom. The summed E-state index contributed by atoms with van der Waals surface area (Å²) in [5.74, 6) is 0.977. The molecule has 1 unspecified atom stereocenters. The molecule has 2 N–H and O–H groups in total. The van der Waals surface area contributed by atoms with Crippen LogP contribution in [0.2, 0.25) is 10.0 Å². The highest BCUT2D eigenvalue weighted by Crippen LogP contribution is 2.39. The fraction of sp³-hybridized carbons (Fsp3) is 0.188. The van der Waals surface area contributed by atoms with Crippen LogP contribution in [0.1, 0.15) is 18.0 Å². The fourth-order valence-electron chi connectivity index (χ4n) is 2.29. The molecule has 1 aliphatic heterocycles. The van der Waals surface area contributed by atoms with Crippen molar-refractivity contribution in [3.8, 4) is 0 Å². The van der Waals surface area contributed by atoms with Crippen LogP contribution < -0.4 is 5.32 Å². The van der Waals surface area contributed by atoms with Gasteiger partial charge >= 0.3 is 0 Å². The minimum Gasteiger partial charge on any atom is -0.323 e. The Bertz CT molecular complexity index is 746. The van der Waals surface area contributed by atoms with E-state index >= 15 is 0 Å². The number of benzene rings is 2. The number of hydrogen-bond donors (Lipinski definition) is 2. The summed E-state index contributed by atoms with van der Waals surface area (Å²) in [6.07, 6.45) is 0.885. The van der Waals surface area contributed by atoms with Gasteiger partial charge < -0.3 is 5.32 Å². The topological polar surface area (TPSA) is 60.6 Å². The van der Waals surface area contributed by atoms with E-state index in [2.05, 4.69) is 15.5 Å². The smallest absolute Gasteiger partial charge is 0.239 e. The minimum atomic E-state index is -0.0580. The van der Waals surface area contributed by atoms with Crippen molar-refractivity contribution in [1.29, 1.82) is 5.41 Å². The minimum absolute atomic E-state index is 0.00544. The number of anilines is 1. The molecule has 3 rings (SSSR count). The first-order valence-corrected chi connectivity index (χ1v) is 8.80. The molecule has 1 atom stereocenters. The molecule has 2 aromatic rings. The lowest BCUT2D eigenvalue weighted by molar-refractivity contribution is 0.651. The summed E-state index contributed by atoms with van der Waals surface area (Å²) in [7, 11) is 0. The van der Waals surface area contributed by atoms with Crippen molar-refractivity contribution in [2.24, 2.45) is 10.2 Å². The Kier molecular flexibility index (Phi) is 5.20. The van der Waals surface area contributed by atoms with Crippen molar-refractivity contribution in [3.63, 3.8) is 0 Å². The summed E-state index contributed by atoms with van der Waals surface area (Å²) in [4.78, 5) is 1.18. The lowest BCUT2D eigenvalue weighted by atomic mass is 10.1. The highest BCUT2D eigenvalue weighted by molar-refractivity contribution is 7.99. The van der Waals surface area contributed by atoms with Crippen molar-refractivity contribution >= 4 is 46.6 Å². The maximum absolute atomic E-state index is 7.89. The molecule has 118 valence electrons. The average molecular weight is 365 g/mol. The van der Waals surface area contributed by atoms with Crippen LogP contribution in [0.15, 0.2) is 57.6 Å². The molecule has 0 aromatic heterocycles. The van der Waals surface area contributed by atoms with Gasteiger partial charge in [-0.25, -0.2) is 0 Å². The van der Waals surface area contributed by atoms with Gasteiger partial charge in [-0.15, -0.1) is 16.9 Å². The van der Waals surface area contributed by atoms with Crippen LogP contribution in [0.3, 0.4) is 0 Å². The molecular formula is C16H14Cl2N4S. The molecule has 1 aliphatic rings. The van der Waals surface area contributed by atoms with E-state index in [1.165, 1.54) is 4.90 Å². The van der Waals surface area contributed by atoms with Crippen molar-refractivity contribution in [2.75, 3.05) is 11.1 Å². The van der Waals surface area contributed by atoms with Gasteiger partial charge in [0, 0.05) is 26.4 Å². The Balaban J connectivity index is 1.70. The third kappa shape index (κ3) is 4.25. The second kappa shape index (κ2) is 7.34. The zero-order valence-electron chi connectivity index (χ0n) is 12.1. The van der Waals surface area contributed by atoms with Crippen LogP contribution in [0.4, 0.5) is 5.69 Å². The van der Waals surface area contributed by atoms with Crippen LogP contribution in [0.25, 0.3) is 0 Å². The number of thioether (sulfide) groups is 1. The number of guanidine groups is 1. The summed E-state index contributed by atoms with van der Waals surface area (Å²) in [6.45, 7) is 0. The number of fused-ring (bicyclic) bond motifs is 1. The van der Waals surface area contributed by atoms with Gasteiger partial charge in [-0.2, -0.15) is 5.11 Å². The SMILES string of the molecule is N=C(N=NC1CCSc2ccc(Cl)cc21)Nc1ccc(Cl)cc1.